The van der Waals surface area contributed by atoms with Gasteiger partial charge < -0.3 is 0 Å². The number of hydrogen-bond acceptors (Lipinski definition) is 3. The van der Waals surface area contributed by atoms with E-state index in [4.69, 9.17) is 0 Å². The molecule has 18 heavy (non-hydrogen) atoms. The number of nitrogens with zero attached hydrogens (tertiary/aromatic N) is 3. The Hall–Kier alpha value is 0.0743. The van der Waals surface area contributed by atoms with Crippen molar-refractivity contribution < 1.29 is 17.4 Å². The van der Waals surface area contributed by atoms with Crippen molar-refractivity contribution in [2.75, 3.05) is 42.3 Å². The molecule has 0 unspecified atom stereocenters. The van der Waals surface area contributed by atoms with Gasteiger partial charge >= 0.3 is 118 Å². The first kappa shape index (κ1) is 16.1. The van der Waals surface area contributed by atoms with Crippen molar-refractivity contribution in [3.05, 3.63) is 24.3 Å². The third-order valence-electron chi connectivity index (χ3n) is 4.26. The standard InChI is InChI=1S/C8H11.3C2H6N.Ti/c1-7(2)8-5-3-4-6-8;3*1-3-2;/h3-7H,1-2H3;3*1-2H3;/q;3*-1;+3. The first-order chi connectivity index (χ1) is 8.23. The molecule has 0 N–H and O–H groups in total. The Morgan fingerprint density at radius 3 is 1.33 bits per heavy atom. The molecule has 1 aliphatic carbocycles. The third kappa shape index (κ3) is 2.06. The number of rotatable bonds is 5. The van der Waals surface area contributed by atoms with Gasteiger partial charge in [-0.05, 0) is 0 Å². The van der Waals surface area contributed by atoms with Crippen LogP contribution >= 0.6 is 0 Å². The minimum absolute atomic E-state index is 0.177. The van der Waals surface area contributed by atoms with E-state index in [0.717, 1.165) is 0 Å². The zero-order chi connectivity index (χ0) is 14.1. The molecule has 0 radical (unpaired) electrons. The Labute approximate surface area is 117 Å². The van der Waals surface area contributed by atoms with Crippen LogP contribution in [-0.4, -0.2) is 52.4 Å². The summed E-state index contributed by atoms with van der Waals surface area (Å²) in [5.74, 6) is 0.597. The summed E-state index contributed by atoms with van der Waals surface area (Å²) in [7, 11) is 13.4. The van der Waals surface area contributed by atoms with Gasteiger partial charge in [0.25, 0.3) is 0 Å². The molecule has 0 saturated carbocycles. The zero-order valence-electron chi connectivity index (χ0n) is 13.2. The van der Waals surface area contributed by atoms with Crippen LogP contribution in [0.2, 0.25) is 3.72 Å². The van der Waals surface area contributed by atoms with Crippen LogP contribution in [-0.2, 0) is 17.4 Å². The molecule has 0 heterocycles. The van der Waals surface area contributed by atoms with Crippen molar-refractivity contribution in [2.45, 2.75) is 17.6 Å². The average Bonchev–Trinajstić information content (AvgIpc) is 2.66. The molecular formula is C14H29N3Ti. The maximum absolute atomic E-state index is 2.61. The van der Waals surface area contributed by atoms with Crippen LogP contribution in [0.25, 0.3) is 0 Å². The Balaban J connectivity index is 3.51. The molecule has 0 aromatic heterocycles. The Morgan fingerprint density at radius 2 is 1.11 bits per heavy atom. The first-order valence-electron chi connectivity index (χ1n) is 6.62. The van der Waals surface area contributed by atoms with Gasteiger partial charge in [0.1, 0.15) is 0 Å². The molecule has 0 aromatic rings. The minimum atomic E-state index is -2.61. The monoisotopic (exact) mass is 287 g/mol. The zero-order valence-corrected chi connectivity index (χ0v) is 14.8. The summed E-state index contributed by atoms with van der Waals surface area (Å²) < 4.78 is 7.68. The van der Waals surface area contributed by atoms with Crippen LogP contribution in [0.3, 0.4) is 0 Å². The molecule has 0 atom stereocenters. The predicted molar refractivity (Wildman–Crippen MR) is 76.9 cm³/mol. The van der Waals surface area contributed by atoms with Crippen molar-refractivity contribution >= 4 is 0 Å². The Kier molecular flexibility index (Phi) is 5.02. The van der Waals surface area contributed by atoms with Crippen molar-refractivity contribution in [1.82, 2.24) is 10.1 Å². The molecule has 4 heteroatoms. The molecule has 0 amide bonds. The van der Waals surface area contributed by atoms with Crippen LogP contribution in [0.15, 0.2) is 24.3 Å². The van der Waals surface area contributed by atoms with Gasteiger partial charge in [-0.3, -0.25) is 0 Å². The van der Waals surface area contributed by atoms with E-state index in [0.29, 0.717) is 5.92 Å². The summed E-state index contributed by atoms with van der Waals surface area (Å²) in [4.78, 5) is 0. The molecule has 104 valence electrons. The maximum atomic E-state index is 2.50. The van der Waals surface area contributed by atoms with E-state index in [1.165, 1.54) is 0 Å². The van der Waals surface area contributed by atoms with Crippen molar-refractivity contribution in [3.8, 4) is 0 Å². The summed E-state index contributed by atoms with van der Waals surface area (Å²) in [5.41, 5.74) is 0. The summed E-state index contributed by atoms with van der Waals surface area (Å²) in [5, 5.41) is 0. The summed E-state index contributed by atoms with van der Waals surface area (Å²) in [6.07, 6.45) is 9.29. The van der Waals surface area contributed by atoms with Crippen molar-refractivity contribution in [1.29, 1.82) is 0 Å². The van der Waals surface area contributed by atoms with Crippen LogP contribution in [0.5, 0.6) is 0 Å². The second-order valence-corrected chi connectivity index (χ2v) is 13.7. The number of hydrogen-bond donors (Lipinski definition) is 0. The molecular weight excluding hydrogens is 258 g/mol. The predicted octanol–water partition coefficient (Wildman–Crippen LogP) is 2.51. The van der Waals surface area contributed by atoms with Crippen LogP contribution < -0.4 is 0 Å². The molecule has 3 nitrogen and oxygen atoms in total. The Morgan fingerprint density at radius 1 is 0.778 bits per heavy atom. The van der Waals surface area contributed by atoms with Gasteiger partial charge in [0, 0.05) is 0 Å². The van der Waals surface area contributed by atoms with Gasteiger partial charge in [0.05, 0.1) is 0 Å². The molecule has 0 aliphatic heterocycles. The molecule has 1 rings (SSSR count). The second-order valence-electron chi connectivity index (χ2n) is 6.12. The SMILES string of the molecule is CC(C)[C]1([Ti]([N](C)C)([N](C)C)[N](C)C)C=CC=C1. The first-order valence-corrected chi connectivity index (χ1v) is 9.50. The van der Waals surface area contributed by atoms with E-state index >= 15 is 0 Å². The average molecular weight is 287 g/mol. The molecule has 0 fully saturated rings. The van der Waals surface area contributed by atoms with E-state index in [1.807, 2.05) is 0 Å². The van der Waals surface area contributed by atoms with Gasteiger partial charge in [-0.1, -0.05) is 0 Å². The summed E-state index contributed by atoms with van der Waals surface area (Å²) >= 11 is -2.61. The van der Waals surface area contributed by atoms with E-state index < -0.39 is 17.4 Å². The van der Waals surface area contributed by atoms with E-state index in [9.17, 15) is 0 Å². The fraction of sp³-hybridized carbons (Fsp3) is 0.714. The third-order valence-corrected chi connectivity index (χ3v) is 13.3. The second kappa shape index (κ2) is 5.60. The Bertz CT molecular complexity index is 309. The van der Waals surface area contributed by atoms with Crippen molar-refractivity contribution in [2.24, 2.45) is 5.92 Å². The topological polar surface area (TPSA) is 9.72 Å². The van der Waals surface area contributed by atoms with Gasteiger partial charge in [-0.2, -0.15) is 0 Å². The fourth-order valence-electron chi connectivity index (χ4n) is 3.84. The van der Waals surface area contributed by atoms with E-state index in [-0.39, 0.29) is 3.72 Å². The van der Waals surface area contributed by atoms with Crippen LogP contribution in [0.4, 0.5) is 0 Å². The van der Waals surface area contributed by atoms with E-state index in [1.54, 1.807) is 0 Å². The van der Waals surface area contributed by atoms with Gasteiger partial charge in [0.2, 0.25) is 0 Å². The van der Waals surface area contributed by atoms with Gasteiger partial charge in [-0.25, -0.2) is 0 Å². The fourth-order valence-corrected chi connectivity index (χ4v) is 13.4. The van der Waals surface area contributed by atoms with Gasteiger partial charge in [-0.15, -0.1) is 0 Å². The summed E-state index contributed by atoms with van der Waals surface area (Å²) in [6, 6.07) is 0. The van der Waals surface area contributed by atoms with Crippen LogP contribution in [0.1, 0.15) is 13.8 Å². The molecule has 0 aromatic carbocycles. The molecule has 0 spiro atoms. The molecule has 0 bridgehead atoms. The van der Waals surface area contributed by atoms with Crippen molar-refractivity contribution in [3.63, 3.8) is 0 Å². The molecule has 0 saturated heterocycles. The van der Waals surface area contributed by atoms with E-state index in [2.05, 4.69) is 90.6 Å². The summed E-state index contributed by atoms with van der Waals surface area (Å²) in [6.45, 7) is 4.69. The molecule has 1 aliphatic rings. The quantitative estimate of drug-likeness (QED) is 0.719. The van der Waals surface area contributed by atoms with Crippen LogP contribution in [0, 0.1) is 5.92 Å². The number of allylic oxidation sites excluding steroid dienone is 4. The normalized spacial score (nSPS) is 18.9. The van der Waals surface area contributed by atoms with Gasteiger partial charge in [0.15, 0.2) is 0 Å².